The first-order chi connectivity index (χ1) is 10.6. The fraction of sp³-hybridized carbons (Fsp3) is 0.533. The van der Waals surface area contributed by atoms with Crippen LogP contribution in [0.4, 0.5) is 5.69 Å². The second-order valence-corrected chi connectivity index (χ2v) is 6.48. The molecule has 7 nitrogen and oxygen atoms in total. The average Bonchev–Trinajstić information content (AvgIpc) is 2.68. The van der Waals surface area contributed by atoms with Crippen molar-refractivity contribution in [3.05, 3.63) is 33.7 Å². The molecule has 8 heteroatoms. The zero-order valence-corrected chi connectivity index (χ0v) is 14.2. The fourth-order valence-corrected chi connectivity index (χ4v) is 2.37. The van der Waals surface area contributed by atoms with Gasteiger partial charge in [-0.1, -0.05) is 11.2 Å². The molecule has 1 aromatic carbocycles. The molecule has 2 rings (SSSR count). The molecule has 0 bridgehead atoms. The van der Waals surface area contributed by atoms with Gasteiger partial charge in [-0.05, 0) is 57.2 Å². The second-order valence-electron chi connectivity index (χ2n) is 6.48. The highest BCUT2D eigenvalue weighted by atomic mass is 16.7. The predicted molar refractivity (Wildman–Crippen MR) is 87.0 cm³/mol. The van der Waals surface area contributed by atoms with Crippen LogP contribution in [0.3, 0.4) is 0 Å². The van der Waals surface area contributed by atoms with Gasteiger partial charge < -0.3 is 14.0 Å². The quantitative estimate of drug-likeness (QED) is 0.281. The Labute approximate surface area is 135 Å². The van der Waals surface area contributed by atoms with Gasteiger partial charge in [0.25, 0.3) is 0 Å². The van der Waals surface area contributed by atoms with E-state index in [1.165, 1.54) is 13.2 Å². The summed E-state index contributed by atoms with van der Waals surface area (Å²) in [5.41, 5.74) is 9.61. The summed E-state index contributed by atoms with van der Waals surface area (Å²) in [5.74, 6) is -0.504. The Morgan fingerprint density at radius 3 is 2.30 bits per heavy atom. The molecular weight excluding hydrogens is 297 g/mol. The molecule has 1 aliphatic rings. The van der Waals surface area contributed by atoms with Gasteiger partial charge in [-0.3, -0.25) is 0 Å². The van der Waals surface area contributed by atoms with Crippen molar-refractivity contribution >= 4 is 24.2 Å². The lowest BCUT2D eigenvalue weighted by Crippen LogP contribution is -2.41. The van der Waals surface area contributed by atoms with Crippen molar-refractivity contribution in [2.24, 2.45) is 5.11 Å². The van der Waals surface area contributed by atoms with Crippen LogP contribution in [0.15, 0.2) is 17.2 Å². The van der Waals surface area contributed by atoms with E-state index in [9.17, 15) is 4.79 Å². The Kier molecular flexibility index (Phi) is 4.44. The topological polar surface area (TPSA) is 93.5 Å². The highest BCUT2D eigenvalue weighted by Gasteiger charge is 2.52. The van der Waals surface area contributed by atoms with Crippen molar-refractivity contribution in [2.75, 3.05) is 7.11 Å². The molecule has 0 aliphatic carbocycles. The molecule has 0 amide bonds. The number of hydrogen-bond donors (Lipinski definition) is 0. The van der Waals surface area contributed by atoms with Crippen molar-refractivity contribution in [1.29, 1.82) is 0 Å². The highest BCUT2D eigenvalue weighted by Crippen LogP contribution is 2.37. The van der Waals surface area contributed by atoms with Crippen molar-refractivity contribution in [3.8, 4) is 0 Å². The Morgan fingerprint density at radius 2 is 1.83 bits per heavy atom. The van der Waals surface area contributed by atoms with Gasteiger partial charge in [0, 0.05) is 10.6 Å². The molecular formula is C15H20BN3O4. The van der Waals surface area contributed by atoms with E-state index in [1.807, 2.05) is 27.7 Å². The Morgan fingerprint density at radius 1 is 1.26 bits per heavy atom. The van der Waals surface area contributed by atoms with Gasteiger partial charge >= 0.3 is 13.1 Å². The van der Waals surface area contributed by atoms with Gasteiger partial charge in [0.1, 0.15) is 0 Å². The van der Waals surface area contributed by atoms with E-state index in [0.29, 0.717) is 22.3 Å². The van der Waals surface area contributed by atoms with Crippen LogP contribution in [0, 0.1) is 6.92 Å². The summed E-state index contributed by atoms with van der Waals surface area (Å²) in [7, 11) is 0.647. The number of esters is 1. The maximum absolute atomic E-state index is 12.0. The number of carbonyl (C=O) groups excluding carboxylic acids is 1. The van der Waals surface area contributed by atoms with Crippen molar-refractivity contribution in [3.63, 3.8) is 0 Å². The Hall–Kier alpha value is -2.02. The van der Waals surface area contributed by atoms with Gasteiger partial charge in [-0.25, -0.2) is 4.79 Å². The Balaban J connectivity index is 2.56. The Bertz CT molecular complexity index is 680. The molecule has 0 atom stereocenters. The monoisotopic (exact) mass is 317 g/mol. The van der Waals surface area contributed by atoms with Gasteiger partial charge in [0.2, 0.25) is 0 Å². The molecule has 0 aromatic heterocycles. The minimum absolute atomic E-state index is 0.309. The van der Waals surface area contributed by atoms with Crippen LogP contribution in [0.2, 0.25) is 0 Å². The predicted octanol–water partition coefficient (Wildman–Crippen LogP) is 3.02. The normalized spacial score (nSPS) is 18.4. The number of rotatable bonds is 3. The summed E-state index contributed by atoms with van der Waals surface area (Å²) in [6.45, 7) is 9.57. The van der Waals surface area contributed by atoms with Crippen molar-refractivity contribution in [2.45, 2.75) is 45.8 Å². The van der Waals surface area contributed by atoms with E-state index in [0.717, 1.165) is 0 Å². The lowest BCUT2D eigenvalue weighted by molar-refractivity contribution is 0.00578. The van der Waals surface area contributed by atoms with Crippen LogP contribution in [-0.4, -0.2) is 31.4 Å². The number of methoxy groups -OCH3 is 1. The van der Waals surface area contributed by atoms with Crippen LogP contribution >= 0.6 is 0 Å². The summed E-state index contributed by atoms with van der Waals surface area (Å²) in [5, 5.41) is 3.59. The van der Waals surface area contributed by atoms with Gasteiger partial charge in [0.05, 0.1) is 23.9 Å². The fourth-order valence-electron chi connectivity index (χ4n) is 2.37. The van der Waals surface area contributed by atoms with Crippen LogP contribution in [0.1, 0.15) is 43.6 Å². The molecule has 122 valence electrons. The van der Waals surface area contributed by atoms with Crippen LogP contribution < -0.4 is 5.46 Å². The van der Waals surface area contributed by atoms with Gasteiger partial charge in [-0.15, -0.1) is 0 Å². The molecule has 0 saturated carbocycles. The van der Waals surface area contributed by atoms with Crippen LogP contribution in [0.5, 0.6) is 0 Å². The summed E-state index contributed by atoms with van der Waals surface area (Å²) < 4.78 is 16.8. The third-order valence-corrected chi connectivity index (χ3v) is 4.51. The molecule has 0 N–H and O–H groups in total. The number of benzene rings is 1. The average molecular weight is 317 g/mol. The summed E-state index contributed by atoms with van der Waals surface area (Å²) in [6, 6.07) is 3.17. The lowest BCUT2D eigenvalue weighted by atomic mass is 9.74. The smallest absolute Gasteiger partial charge is 0.465 e. The third-order valence-electron chi connectivity index (χ3n) is 4.51. The van der Waals surface area contributed by atoms with Crippen molar-refractivity contribution < 1.29 is 18.8 Å². The number of azide groups is 1. The molecule has 0 spiro atoms. The maximum atomic E-state index is 12.0. The molecule has 1 aromatic rings. The van der Waals surface area contributed by atoms with Crippen LogP contribution in [0.25, 0.3) is 10.4 Å². The first-order valence-electron chi connectivity index (χ1n) is 7.26. The standard InChI is InChI=1S/C15H20BN3O4/c1-9-11(13(20)21-6)7-10(18-19-17)8-12(9)16-22-14(2,3)15(4,5)23-16/h7-8H,1-6H3. The third kappa shape index (κ3) is 3.06. The first kappa shape index (κ1) is 17.3. The molecule has 1 aliphatic heterocycles. The number of carbonyl (C=O) groups is 1. The summed E-state index contributed by atoms with van der Waals surface area (Å²) >= 11 is 0. The van der Waals surface area contributed by atoms with E-state index < -0.39 is 24.3 Å². The van der Waals surface area contributed by atoms with Gasteiger partial charge in [-0.2, -0.15) is 0 Å². The number of hydrogen-bond acceptors (Lipinski definition) is 5. The zero-order valence-electron chi connectivity index (χ0n) is 14.2. The molecule has 0 radical (unpaired) electrons. The number of ether oxygens (including phenoxy) is 1. The van der Waals surface area contributed by atoms with E-state index in [1.54, 1.807) is 13.0 Å². The molecule has 0 unspecified atom stereocenters. The molecule has 1 saturated heterocycles. The maximum Gasteiger partial charge on any atom is 0.495 e. The first-order valence-corrected chi connectivity index (χ1v) is 7.26. The SMILES string of the molecule is COC(=O)c1cc(N=[N+]=[N-])cc(B2OC(C)(C)C(C)(C)O2)c1C. The molecule has 1 heterocycles. The summed E-state index contributed by atoms with van der Waals surface area (Å²) in [6.07, 6.45) is 0. The second kappa shape index (κ2) is 5.89. The minimum Gasteiger partial charge on any atom is -0.465 e. The molecule has 23 heavy (non-hydrogen) atoms. The van der Waals surface area contributed by atoms with E-state index in [-0.39, 0.29) is 0 Å². The van der Waals surface area contributed by atoms with E-state index in [2.05, 4.69) is 10.0 Å². The van der Waals surface area contributed by atoms with Crippen LogP contribution in [-0.2, 0) is 14.0 Å². The van der Waals surface area contributed by atoms with Crippen molar-refractivity contribution in [1.82, 2.24) is 0 Å². The number of nitrogens with zero attached hydrogens (tertiary/aromatic N) is 3. The highest BCUT2D eigenvalue weighted by molar-refractivity contribution is 6.63. The zero-order chi connectivity index (χ0) is 17.4. The summed E-state index contributed by atoms with van der Waals surface area (Å²) in [4.78, 5) is 14.8. The van der Waals surface area contributed by atoms with E-state index >= 15 is 0 Å². The lowest BCUT2D eigenvalue weighted by Gasteiger charge is -2.32. The minimum atomic E-state index is -0.655. The van der Waals surface area contributed by atoms with E-state index in [4.69, 9.17) is 19.6 Å². The van der Waals surface area contributed by atoms with Gasteiger partial charge in [0.15, 0.2) is 0 Å². The largest absolute Gasteiger partial charge is 0.495 e. The molecule has 1 fully saturated rings.